The van der Waals surface area contributed by atoms with E-state index in [4.69, 9.17) is 0 Å². The van der Waals surface area contributed by atoms with Crippen molar-refractivity contribution < 1.29 is 19.6 Å². The lowest BCUT2D eigenvalue weighted by molar-refractivity contribution is -0.385. The van der Waals surface area contributed by atoms with Crippen LogP contribution in [0.25, 0.3) is 0 Å². The van der Waals surface area contributed by atoms with Gasteiger partial charge in [0.05, 0.1) is 4.92 Å². The fourth-order valence-corrected chi connectivity index (χ4v) is 2.99. The van der Waals surface area contributed by atoms with Gasteiger partial charge < -0.3 is 10.0 Å². The molecular weight excluding hydrogens is 300 g/mol. The van der Waals surface area contributed by atoms with Gasteiger partial charge in [-0.3, -0.25) is 14.9 Å². The average molecular weight is 320 g/mol. The van der Waals surface area contributed by atoms with Gasteiger partial charge in [0.1, 0.15) is 5.54 Å². The van der Waals surface area contributed by atoms with Crippen LogP contribution in [0.15, 0.2) is 18.2 Å². The summed E-state index contributed by atoms with van der Waals surface area (Å²) in [6, 6.07) is 4.35. The number of likely N-dealkylation sites (tertiary alicyclic amines) is 1. The molecule has 1 aromatic carbocycles. The van der Waals surface area contributed by atoms with Gasteiger partial charge in [0.25, 0.3) is 11.6 Å². The quantitative estimate of drug-likeness (QED) is 0.679. The number of nitrogens with zero attached hydrogens (tertiary/aromatic N) is 2. The number of hydrogen-bond donors (Lipinski definition) is 1. The fourth-order valence-electron chi connectivity index (χ4n) is 2.99. The minimum absolute atomic E-state index is 0.0457. The maximum absolute atomic E-state index is 12.7. The topological polar surface area (TPSA) is 101 Å². The second-order valence-electron chi connectivity index (χ2n) is 6.32. The molecular formula is C16H20N2O5. The molecule has 2 rings (SSSR count). The first-order chi connectivity index (χ1) is 10.7. The van der Waals surface area contributed by atoms with Crippen molar-refractivity contribution in [2.45, 2.75) is 45.1 Å². The second kappa shape index (κ2) is 5.98. The predicted molar refractivity (Wildman–Crippen MR) is 83.5 cm³/mol. The average Bonchev–Trinajstić information content (AvgIpc) is 2.89. The lowest BCUT2D eigenvalue weighted by Crippen LogP contribution is -2.50. The van der Waals surface area contributed by atoms with E-state index in [9.17, 15) is 24.8 Å². The second-order valence-corrected chi connectivity index (χ2v) is 6.32. The largest absolute Gasteiger partial charge is 0.480 e. The number of carboxylic acids is 1. The number of benzene rings is 1. The summed E-state index contributed by atoms with van der Waals surface area (Å²) >= 11 is 0. The summed E-state index contributed by atoms with van der Waals surface area (Å²) in [7, 11) is 0. The van der Waals surface area contributed by atoms with Crippen LogP contribution in [0.3, 0.4) is 0 Å². The SMILES string of the molecule is CC(C)c1ccc(C(=O)N2CCCC2(C)C(=O)O)cc1[N+](=O)[O-]. The molecule has 1 unspecified atom stereocenters. The van der Waals surface area contributed by atoms with Gasteiger partial charge in [0.2, 0.25) is 0 Å². The highest BCUT2D eigenvalue weighted by Crippen LogP contribution is 2.33. The van der Waals surface area contributed by atoms with Gasteiger partial charge in [0.15, 0.2) is 0 Å². The van der Waals surface area contributed by atoms with Crippen LogP contribution in [-0.2, 0) is 4.79 Å². The third kappa shape index (κ3) is 2.91. The fraction of sp³-hybridized carbons (Fsp3) is 0.500. The summed E-state index contributed by atoms with van der Waals surface area (Å²) < 4.78 is 0. The molecule has 1 atom stereocenters. The number of aliphatic carboxylic acids is 1. The van der Waals surface area contributed by atoms with Gasteiger partial charge in [-0.1, -0.05) is 19.9 Å². The van der Waals surface area contributed by atoms with Crippen molar-refractivity contribution >= 4 is 17.6 Å². The summed E-state index contributed by atoms with van der Waals surface area (Å²) in [5.41, 5.74) is -0.672. The van der Waals surface area contributed by atoms with Crippen LogP contribution < -0.4 is 0 Å². The molecule has 7 heteroatoms. The van der Waals surface area contributed by atoms with Crippen LogP contribution in [-0.4, -0.2) is 38.9 Å². The molecule has 1 aromatic rings. The lowest BCUT2D eigenvalue weighted by Gasteiger charge is -2.31. The predicted octanol–water partition coefficient (Wildman–Crippen LogP) is 2.80. The molecule has 1 fully saturated rings. The molecule has 1 heterocycles. The van der Waals surface area contributed by atoms with Crippen LogP contribution in [0.2, 0.25) is 0 Å². The van der Waals surface area contributed by atoms with Gasteiger partial charge in [-0.2, -0.15) is 0 Å². The lowest BCUT2D eigenvalue weighted by atomic mass is 9.96. The first kappa shape index (κ1) is 16.9. The Bertz CT molecular complexity index is 670. The van der Waals surface area contributed by atoms with Gasteiger partial charge in [-0.05, 0) is 31.7 Å². The van der Waals surface area contributed by atoms with Crippen LogP contribution in [0.1, 0.15) is 55.5 Å². The van der Waals surface area contributed by atoms with Gasteiger partial charge >= 0.3 is 5.97 Å². The van der Waals surface area contributed by atoms with E-state index in [-0.39, 0.29) is 17.2 Å². The molecule has 0 aliphatic carbocycles. The van der Waals surface area contributed by atoms with E-state index in [1.165, 1.54) is 24.0 Å². The highest BCUT2D eigenvalue weighted by atomic mass is 16.6. The van der Waals surface area contributed by atoms with E-state index in [1.807, 2.05) is 13.8 Å². The number of carboxylic acid groups (broad SMARTS) is 1. The molecule has 0 aromatic heterocycles. The normalized spacial score (nSPS) is 20.8. The molecule has 7 nitrogen and oxygen atoms in total. The van der Waals surface area contributed by atoms with Crippen molar-refractivity contribution in [1.82, 2.24) is 4.90 Å². The molecule has 0 bridgehead atoms. The molecule has 1 aliphatic rings. The van der Waals surface area contributed by atoms with Crippen molar-refractivity contribution in [1.29, 1.82) is 0 Å². The van der Waals surface area contributed by atoms with Gasteiger partial charge in [-0.15, -0.1) is 0 Å². The number of carbonyl (C=O) groups is 2. The maximum Gasteiger partial charge on any atom is 0.329 e. The van der Waals surface area contributed by atoms with E-state index in [2.05, 4.69) is 0 Å². The summed E-state index contributed by atoms with van der Waals surface area (Å²) in [5, 5.41) is 20.6. The van der Waals surface area contributed by atoms with Crippen LogP contribution in [0, 0.1) is 10.1 Å². The smallest absolute Gasteiger partial charge is 0.329 e. The Kier molecular flexibility index (Phi) is 4.40. The molecule has 1 N–H and O–H groups in total. The number of hydrogen-bond acceptors (Lipinski definition) is 4. The maximum atomic E-state index is 12.7. The molecule has 124 valence electrons. The zero-order valence-electron chi connectivity index (χ0n) is 13.4. The molecule has 0 spiro atoms. The highest BCUT2D eigenvalue weighted by molar-refractivity contribution is 5.98. The number of nitro groups is 1. The highest BCUT2D eigenvalue weighted by Gasteiger charge is 2.46. The molecule has 1 aliphatic heterocycles. The Labute approximate surface area is 134 Å². The molecule has 1 amide bonds. The van der Waals surface area contributed by atoms with Crippen LogP contribution in [0.4, 0.5) is 5.69 Å². The summed E-state index contributed by atoms with van der Waals surface area (Å²) in [6.45, 7) is 5.52. The van der Waals surface area contributed by atoms with Gasteiger partial charge in [0, 0.05) is 23.7 Å². The standard InChI is InChI=1S/C16H20N2O5/c1-10(2)12-6-5-11(9-13(12)18(22)23)14(19)17-8-4-7-16(17,3)15(20)21/h5-6,9-10H,4,7-8H2,1-3H3,(H,20,21). The zero-order chi connectivity index (χ0) is 17.4. The first-order valence-corrected chi connectivity index (χ1v) is 7.52. The van der Waals surface area contributed by atoms with Crippen molar-refractivity contribution in [3.63, 3.8) is 0 Å². The van der Waals surface area contributed by atoms with Crippen LogP contribution >= 0.6 is 0 Å². The van der Waals surface area contributed by atoms with Crippen LogP contribution in [0.5, 0.6) is 0 Å². The summed E-state index contributed by atoms with van der Waals surface area (Å²) in [6.07, 6.45) is 0.973. The monoisotopic (exact) mass is 320 g/mol. The molecule has 0 radical (unpaired) electrons. The Morgan fingerprint density at radius 3 is 2.57 bits per heavy atom. The minimum atomic E-state index is -1.26. The van der Waals surface area contributed by atoms with Crippen molar-refractivity contribution in [2.24, 2.45) is 0 Å². The van der Waals surface area contributed by atoms with E-state index < -0.39 is 22.3 Å². The number of amides is 1. The van der Waals surface area contributed by atoms with Crippen molar-refractivity contribution in [2.75, 3.05) is 6.54 Å². The number of nitro benzene ring substituents is 1. The Balaban J connectivity index is 2.42. The molecule has 1 saturated heterocycles. The Morgan fingerprint density at radius 1 is 1.39 bits per heavy atom. The third-order valence-electron chi connectivity index (χ3n) is 4.44. The van der Waals surface area contributed by atoms with E-state index >= 15 is 0 Å². The molecule has 0 saturated carbocycles. The van der Waals surface area contributed by atoms with Crippen molar-refractivity contribution in [3.8, 4) is 0 Å². The van der Waals surface area contributed by atoms with Gasteiger partial charge in [-0.25, -0.2) is 4.79 Å². The zero-order valence-corrected chi connectivity index (χ0v) is 13.4. The van der Waals surface area contributed by atoms with E-state index in [0.29, 0.717) is 24.9 Å². The Morgan fingerprint density at radius 2 is 2.04 bits per heavy atom. The van der Waals surface area contributed by atoms with Crippen molar-refractivity contribution in [3.05, 3.63) is 39.4 Å². The van der Waals surface area contributed by atoms with E-state index in [1.54, 1.807) is 6.07 Å². The first-order valence-electron chi connectivity index (χ1n) is 7.52. The summed E-state index contributed by atoms with van der Waals surface area (Å²) in [4.78, 5) is 36.2. The number of rotatable bonds is 4. The molecule has 23 heavy (non-hydrogen) atoms. The van der Waals surface area contributed by atoms with E-state index in [0.717, 1.165) is 0 Å². The summed E-state index contributed by atoms with van der Waals surface area (Å²) in [5.74, 6) is -1.59. The Hall–Kier alpha value is -2.44. The minimum Gasteiger partial charge on any atom is -0.480 e. The third-order valence-corrected chi connectivity index (χ3v) is 4.44. The number of carbonyl (C=O) groups excluding carboxylic acids is 1.